The lowest BCUT2D eigenvalue weighted by Gasteiger charge is -2.14. The van der Waals surface area contributed by atoms with Gasteiger partial charge in [-0.05, 0) is 37.1 Å². The van der Waals surface area contributed by atoms with Crippen LogP contribution in [-0.2, 0) is 0 Å². The molecule has 3 N–H and O–H groups in total. The van der Waals surface area contributed by atoms with Gasteiger partial charge < -0.3 is 11.1 Å². The highest BCUT2D eigenvalue weighted by Crippen LogP contribution is 2.20. The zero-order valence-corrected chi connectivity index (χ0v) is 11.0. The molecule has 0 fully saturated rings. The first kappa shape index (κ1) is 12.5. The summed E-state index contributed by atoms with van der Waals surface area (Å²) in [7, 11) is 0. The van der Waals surface area contributed by atoms with Crippen LogP contribution in [0.1, 0.15) is 18.9 Å². The van der Waals surface area contributed by atoms with E-state index in [2.05, 4.69) is 53.3 Å². The third kappa shape index (κ3) is 3.84. The van der Waals surface area contributed by atoms with E-state index in [1.807, 2.05) is 0 Å². The first-order chi connectivity index (χ1) is 7.17. The minimum absolute atomic E-state index is 0.560. The third-order valence-electron chi connectivity index (χ3n) is 2.68. The molecule has 2 nitrogen and oxygen atoms in total. The molecule has 0 amide bonds. The fourth-order valence-corrected chi connectivity index (χ4v) is 1.74. The van der Waals surface area contributed by atoms with E-state index in [0.29, 0.717) is 5.92 Å². The molecule has 0 aliphatic carbocycles. The Morgan fingerprint density at radius 2 is 2.20 bits per heavy atom. The van der Waals surface area contributed by atoms with Gasteiger partial charge in [-0.1, -0.05) is 35.3 Å². The number of aryl methyl sites for hydroxylation is 1. The van der Waals surface area contributed by atoms with Gasteiger partial charge in [-0.15, -0.1) is 0 Å². The number of halogens is 1. The fourth-order valence-electron chi connectivity index (χ4n) is 1.36. The maximum atomic E-state index is 5.65. The van der Waals surface area contributed by atoms with E-state index in [1.165, 1.54) is 5.56 Å². The van der Waals surface area contributed by atoms with Crippen molar-refractivity contribution in [2.75, 3.05) is 18.4 Å². The summed E-state index contributed by atoms with van der Waals surface area (Å²) >= 11 is 3.52. The molecule has 1 aromatic rings. The Hall–Kier alpha value is -0.540. The van der Waals surface area contributed by atoms with Crippen LogP contribution in [0, 0.1) is 12.8 Å². The van der Waals surface area contributed by atoms with Gasteiger partial charge in [-0.2, -0.15) is 0 Å². The van der Waals surface area contributed by atoms with Crippen LogP contribution in [0.3, 0.4) is 0 Å². The normalized spacial score (nSPS) is 12.5. The molecule has 0 bridgehead atoms. The number of hydrogen-bond donors (Lipinski definition) is 2. The summed E-state index contributed by atoms with van der Waals surface area (Å²) in [5.41, 5.74) is 8.06. The first-order valence-corrected chi connectivity index (χ1v) is 6.16. The van der Waals surface area contributed by atoms with Crippen LogP contribution < -0.4 is 11.1 Å². The predicted molar refractivity (Wildman–Crippen MR) is 70.2 cm³/mol. The zero-order valence-electron chi connectivity index (χ0n) is 9.39. The molecule has 0 spiro atoms. The van der Waals surface area contributed by atoms with Crippen molar-refractivity contribution >= 4 is 21.6 Å². The third-order valence-corrected chi connectivity index (χ3v) is 3.53. The summed E-state index contributed by atoms with van der Waals surface area (Å²) in [4.78, 5) is 0. The Balaban J connectivity index is 2.54. The zero-order chi connectivity index (χ0) is 11.3. The highest BCUT2D eigenvalue weighted by atomic mass is 79.9. The minimum Gasteiger partial charge on any atom is -0.385 e. The highest BCUT2D eigenvalue weighted by Gasteiger charge is 2.03. The van der Waals surface area contributed by atoms with Crippen LogP contribution in [0.5, 0.6) is 0 Å². The van der Waals surface area contributed by atoms with Gasteiger partial charge >= 0.3 is 0 Å². The standard InChI is InChI=1S/C12H19BrN2/c1-3-10(7-14)8-15-11-5-4-9(2)12(13)6-11/h4-6,10,15H,3,7-8,14H2,1-2H3. The monoisotopic (exact) mass is 270 g/mol. The summed E-state index contributed by atoms with van der Waals surface area (Å²) in [6, 6.07) is 6.32. The largest absolute Gasteiger partial charge is 0.385 e. The summed E-state index contributed by atoms with van der Waals surface area (Å²) in [6.07, 6.45) is 1.12. The van der Waals surface area contributed by atoms with Crippen molar-refractivity contribution < 1.29 is 0 Å². The van der Waals surface area contributed by atoms with Crippen molar-refractivity contribution in [3.05, 3.63) is 28.2 Å². The van der Waals surface area contributed by atoms with Gasteiger partial charge in [0.25, 0.3) is 0 Å². The van der Waals surface area contributed by atoms with E-state index >= 15 is 0 Å². The fraction of sp³-hybridized carbons (Fsp3) is 0.500. The van der Waals surface area contributed by atoms with Crippen LogP contribution in [0.4, 0.5) is 5.69 Å². The van der Waals surface area contributed by atoms with Gasteiger partial charge in [0.05, 0.1) is 0 Å². The van der Waals surface area contributed by atoms with Gasteiger partial charge in [0.2, 0.25) is 0 Å². The lowest BCUT2D eigenvalue weighted by molar-refractivity contribution is 0.548. The Morgan fingerprint density at radius 3 is 2.73 bits per heavy atom. The van der Waals surface area contributed by atoms with Gasteiger partial charge in [-0.25, -0.2) is 0 Å². The Labute approximate surface area is 100 Å². The number of benzene rings is 1. The molecule has 0 saturated heterocycles. The van der Waals surface area contributed by atoms with Crippen molar-refractivity contribution in [3.8, 4) is 0 Å². The molecular formula is C12H19BrN2. The second kappa shape index (κ2) is 6.13. The molecule has 15 heavy (non-hydrogen) atoms. The molecule has 1 aromatic carbocycles. The van der Waals surface area contributed by atoms with E-state index in [4.69, 9.17) is 5.73 Å². The minimum atomic E-state index is 0.560. The van der Waals surface area contributed by atoms with Crippen molar-refractivity contribution in [3.63, 3.8) is 0 Å². The lowest BCUT2D eigenvalue weighted by atomic mass is 10.1. The average Bonchev–Trinajstić information content (AvgIpc) is 2.24. The summed E-state index contributed by atoms with van der Waals surface area (Å²) in [6.45, 7) is 5.95. The first-order valence-electron chi connectivity index (χ1n) is 5.37. The molecule has 1 rings (SSSR count). The summed E-state index contributed by atoms with van der Waals surface area (Å²) in [5, 5.41) is 3.40. The quantitative estimate of drug-likeness (QED) is 0.863. The molecular weight excluding hydrogens is 252 g/mol. The molecule has 0 aromatic heterocycles. The van der Waals surface area contributed by atoms with Crippen LogP contribution in [-0.4, -0.2) is 13.1 Å². The number of hydrogen-bond acceptors (Lipinski definition) is 2. The molecule has 0 aliphatic rings. The predicted octanol–water partition coefficient (Wildman–Crippen LogP) is 3.15. The van der Waals surface area contributed by atoms with Crippen molar-refractivity contribution in [1.29, 1.82) is 0 Å². The molecule has 0 heterocycles. The Morgan fingerprint density at radius 1 is 1.47 bits per heavy atom. The van der Waals surface area contributed by atoms with Crippen LogP contribution >= 0.6 is 15.9 Å². The lowest BCUT2D eigenvalue weighted by Crippen LogP contribution is -2.22. The Kier molecular flexibility index (Phi) is 5.12. The summed E-state index contributed by atoms with van der Waals surface area (Å²) < 4.78 is 1.15. The van der Waals surface area contributed by atoms with Crippen molar-refractivity contribution in [2.24, 2.45) is 11.7 Å². The number of nitrogens with one attached hydrogen (secondary N) is 1. The van der Waals surface area contributed by atoms with Gasteiger partial charge in [-0.3, -0.25) is 0 Å². The van der Waals surface area contributed by atoms with Gasteiger partial charge in [0.15, 0.2) is 0 Å². The maximum Gasteiger partial charge on any atom is 0.0351 e. The van der Waals surface area contributed by atoms with Gasteiger partial charge in [0.1, 0.15) is 0 Å². The van der Waals surface area contributed by atoms with E-state index in [9.17, 15) is 0 Å². The van der Waals surface area contributed by atoms with E-state index < -0.39 is 0 Å². The van der Waals surface area contributed by atoms with E-state index in [0.717, 1.165) is 29.7 Å². The van der Waals surface area contributed by atoms with Crippen molar-refractivity contribution in [2.45, 2.75) is 20.3 Å². The molecule has 1 atom stereocenters. The number of rotatable bonds is 5. The topological polar surface area (TPSA) is 38.0 Å². The van der Waals surface area contributed by atoms with Gasteiger partial charge in [0, 0.05) is 16.7 Å². The number of nitrogens with two attached hydrogens (primary N) is 1. The van der Waals surface area contributed by atoms with Crippen LogP contribution in [0.25, 0.3) is 0 Å². The molecule has 0 saturated carbocycles. The molecule has 0 radical (unpaired) electrons. The average molecular weight is 271 g/mol. The van der Waals surface area contributed by atoms with Crippen molar-refractivity contribution in [1.82, 2.24) is 0 Å². The highest BCUT2D eigenvalue weighted by molar-refractivity contribution is 9.10. The second-order valence-corrected chi connectivity index (χ2v) is 4.71. The Bertz CT molecular complexity index is 308. The smallest absolute Gasteiger partial charge is 0.0351 e. The van der Waals surface area contributed by atoms with E-state index in [-0.39, 0.29) is 0 Å². The molecule has 84 valence electrons. The molecule has 3 heteroatoms. The van der Waals surface area contributed by atoms with E-state index in [1.54, 1.807) is 0 Å². The summed E-state index contributed by atoms with van der Waals surface area (Å²) in [5.74, 6) is 0.560. The SMILES string of the molecule is CCC(CN)CNc1ccc(C)c(Br)c1. The van der Waals surface area contributed by atoms with Crippen LogP contribution in [0.15, 0.2) is 22.7 Å². The van der Waals surface area contributed by atoms with Crippen LogP contribution in [0.2, 0.25) is 0 Å². The second-order valence-electron chi connectivity index (χ2n) is 3.85. The molecule has 0 aliphatic heterocycles. The molecule has 1 unspecified atom stereocenters. The maximum absolute atomic E-state index is 5.65. The number of anilines is 1.